The summed E-state index contributed by atoms with van der Waals surface area (Å²) in [6.07, 6.45) is 0.0917. The zero-order chi connectivity index (χ0) is 17.5. The average Bonchev–Trinajstić information content (AvgIpc) is 2.55. The number of anilines is 1. The number of ether oxygens (including phenoxy) is 3. The van der Waals surface area contributed by atoms with Crippen LogP contribution in [-0.2, 0) is 11.2 Å². The van der Waals surface area contributed by atoms with Crippen molar-refractivity contribution in [2.45, 2.75) is 13.0 Å². The first kappa shape index (κ1) is 17.5. The van der Waals surface area contributed by atoms with Crippen LogP contribution in [0.25, 0.3) is 0 Å². The molecule has 0 spiro atoms. The van der Waals surface area contributed by atoms with Crippen LogP contribution in [0.4, 0.5) is 14.5 Å². The Balaban J connectivity index is 2.00. The van der Waals surface area contributed by atoms with Crippen molar-refractivity contribution >= 4 is 11.6 Å². The molecule has 0 saturated carbocycles. The van der Waals surface area contributed by atoms with Gasteiger partial charge in [-0.05, 0) is 17.7 Å². The molecule has 0 aliphatic carbocycles. The minimum Gasteiger partial charge on any atom is -0.497 e. The number of nitrogens with one attached hydrogen (secondary N) is 1. The Hall–Kier alpha value is -2.83. The summed E-state index contributed by atoms with van der Waals surface area (Å²) >= 11 is 0. The summed E-state index contributed by atoms with van der Waals surface area (Å²) in [6, 6.07) is 10.9. The SMILES string of the molecule is COc1cc(NC(=O)Cc2ccc(OC(F)F)cc2)cc(OC)c1. The Morgan fingerprint density at radius 3 is 2.08 bits per heavy atom. The number of carbonyl (C=O) groups is 1. The Bertz CT molecular complexity index is 667. The maximum absolute atomic E-state index is 12.1. The summed E-state index contributed by atoms with van der Waals surface area (Å²) in [7, 11) is 3.03. The molecule has 0 fully saturated rings. The van der Waals surface area contributed by atoms with Crippen LogP contribution in [0.1, 0.15) is 5.56 Å². The van der Waals surface area contributed by atoms with Gasteiger partial charge in [-0.2, -0.15) is 8.78 Å². The van der Waals surface area contributed by atoms with E-state index in [1.807, 2.05) is 0 Å². The highest BCUT2D eigenvalue weighted by Crippen LogP contribution is 2.26. The first-order chi connectivity index (χ1) is 11.5. The van der Waals surface area contributed by atoms with Crippen LogP contribution >= 0.6 is 0 Å². The second-order valence-electron chi connectivity index (χ2n) is 4.85. The van der Waals surface area contributed by atoms with Crippen molar-refractivity contribution in [3.8, 4) is 17.2 Å². The standard InChI is InChI=1S/C17H17F2NO4/c1-22-14-8-12(9-15(10-14)23-2)20-16(21)7-11-3-5-13(6-4-11)24-17(18)19/h3-6,8-10,17H,7H2,1-2H3,(H,20,21). The van der Waals surface area contributed by atoms with Crippen LogP contribution in [-0.4, -0.2) is 26.7 Å². The lowest BCUT2D eigenvalue weighted by atomic mass is 10.1. The fourth-order valence-electron chi connectivity index (χ4n) is 2.06. The maximum atomic E-state index is 12.1. The van der Waals surface area contributed by atoms with E-state index >= 15 is 0 Å². The van der Waals surface area contributed by atoms with E-state index in [2.05, 4.69) is 10.1 Å². The molecule has 0 bridgehead atoms. The number of alkyl halides is 2. The molecule has 24 heavy (non-hydrogen) atoms. The minimum atomic E-state index is -2.87. The lowest BCUT2D eigenvalue weighted by molar-refractivity contribution is -0.115. The third kappa shape index (κ3) is 5.12. The molecule has 0 aromatic heterocycles. The van der Waals surface area contributed by atoms with Crippen molar-refractivity contribution in [2.24, 2.45) is 0 Å². The Morgan fingerprint density at radius 1 is 1.00 bits per heavy atom. The maximum Gasteiger partial charge on any atom is 0.387 e. The summed E-state index contributed by atoms with van der Waals surface area (Å²) in [6.45, 7) is -2.87. The van der Waals surface area contributed by atoms with Crippen LogP contribution in [0.2, 0.25) is 0 Å². The summed E-state index contributed by atoms with van der Waals surface area (Å²) in [5.41, 5.74) is 1.21. The molecule has 1 amide bonds. The monoisotopic (exact) mass is 337 g/mol. The molecule has 128 valence electrons. The van der Waals surface area contributed by atoms with E-state index in [1.54, 1.807) is 30.3 Å². The topological polar surface area (TPSA) is 56.8 Å². The summed E-state index contributed by atoms with van der Waals surface area (Å²) in [5.74, 6) is 0.899. The van der Waals surface area contributed by atoms with Crippen molar-refractivity contribution < 1.29 is 27.8 Å². The van der Waals surface area contributed by atoms with Crippen molar-refractivity contribution in [3.63, 3.8) is 0 Å². The highest BCUT2D eigenvalue weighted by Gasteiger charge is 2.08. The van der Waals surface area contributed by atoms with Gasteiger partial charge < -0.3 is 19.5 Å². The lowest BCUT2D eigenvalue weighted by Crippen LogP contribution is -2.14. The summed E-state index contributed by atoms with van der Waals surface area (Å²) in [5, 5.41) is 2.74. The van der Waals surface area contributed by atoms with Gasteiger partial charge in [-0.1, -0.05) is 12.1 Å². The number of rotatable bonds is 7. The van der Waals surface area contributed by atoms with E-state index < -0.39 is 6.61 Å². The number of methoxy groups -OCH3 is 2. The molecule has 0 heterocycles. The van der Waals surface area contributed by atoms with Gasteiger partial charge in [0.1, 0.15) is 17.2 Å². The Labute approximate surface area is 138 Å². The molecular formula is C17H17F2NO4. The van der Waals surface area contributed by atoms with Crippen molar-refractivity contribution in [1.29, 1.82) is 0 Å². The summed E-state index contributed by atoms with van der Waals surface area (Å²) in [4.78, 5) is 12.1. The first-order valence-electron chi connectivity index (χ1n) is 7.07. The highest BCUT2D eigenvalue weighted by atomic mass is 19.3. The van der Waals surface area contributed by atoms with Crippen LogP contribution in [0.5, 0.6) is 17.2 Å². The number of hydrogen-bond donors (Lipinski definition) is 1. The fraction of sp³-hybridized carbons (Fsp3) is 0.235. The number of benzene rings is 2. The van der Waals surface area contributed by atoms with E-state index in [9.17, 15) is 13.6 Å². The molecule has 0 aliphatic heterocycles. The van der Waals surface area contributed by atoms with Gasteiger partial charge in [0.2, 0.25) is 5.91 Å². The highest BCUT2D eigenvalue weighted by molar-refractivity contribution is 5.92. The van der Waals surface area contributed by atoms with Gasteiger partial charge in [-0.25, -0.2) is 0 Å². The van der Waals surface area contributed by atoms with Gasteiger partial charge in [-0.3, -0.25) is 4.79 Å². The largest absolute Gasteiger partial charge is 0.497 e. The molecule has 5 nitrogen and oxygen atoms in total. The minimum absolute atomic E-state index is 0.0479. The summed E-state index contributed by atoms with van der Waals surface area (Å²) < 4.78 is 38.7. The van der Waals surface area contributed by atoms with E-state index in [0.717, 1.165) is 0 Å². The van der Waals surface area contributed by atoms with Crippen molar-refractivity contribution in [1.82, 2.24) is 0 Å². The number of halogens is 2. The zero-order valence-corrected chi connectivity index (χ0v) is 13.2. The Morgan fingerprint density at radius 2 is 1.58 bits per heavy atom. The van der Waals surface area contributed by atoms with Crippen LogP contribution in [0.15, 0.2) is 42.5 Å². The van der Waals surface area contributed by atoms with E-state index in [4.69, 9.17) is 9.47 Å². The molecule has 2 rings (SSSR count). The van der Waals surface area contributed by atoms with E-state index in [1.165, 1.54) is 26.4 Å². The molecular weight excluding hydrogens is 320 g/mol. The third-order valence-electron chi connectivity index (χ3n) is 3.15. The van der Waals surface area contributed by atoms with Crippen LogP contribution in [0.3, 0.4) is 0 Å². The molecule has 0 atom stereocenters. The molecule has 7 heteroatoms. The van der Waals surface area contributed by atoms with E-state index in [0.29, 0.717) is 22.7 Å². The quantitative estimate of drug-likeness (QED) is 0.840. The molecule has 2 aromatic rings. The normalized spacial score (nSPS) is 10.4. The predicted molar refractivity (Wildman–Crippen MR) is 85.0 cm³/mol. The van der Waals surface area contributed by atoms with Gasteiger partial charge >= 0.3 is 6.61 Å². The number of hydrogen-bond acceptors (Lipinski definition) is 4. The smallest absolute Gasteiger partial charge is 0.387 e. The lowest BCUT2D eigenvalue weighted by Gasteiger charge is -2.10. The molecule has 0 radical (unpaired) electrons. The molecule has 2 aromatic carbocycles. The van der Waals surface area contributed by atoms with Crippen molar-refractivity contribution in [2.75, 3.05) is 19.5 Å². The zero-order valence-electron chi connectivity index (χ0n) is 13.2. The molecule has 0 saturated heterocycles. The van der Waals surface area contributed by atoms with Gasteiger partial charge in [0, 0.05) is 23.9 Å². The van der Waals surface area contributed by atoms with Gasteiger partial charge in [0.15, 0.2) is 0 Å². The number of amides is 1. The Kier molecular flexibility index (Phi) is 5.95. The van der Waals surface area contributed by atoms with Crippen molar-refractivity contribution in [3.05, 3.63) is 48.0 Å². The van der Waals surface area contributed by atoms with Gasteiger partial charge in [0.05, 0.1) is 20.6 Å². The first-order valence-corrected chi connectivity index (χ1v) is 7.07. The van der Waals surface area contributed by atoms with E-state index in [-0.39, 0.29) is 18.1 Å². The fourth-order valence-corrected chi connectivity index (χ4v) is 2.06. The average molecular weight is 337 g/mol. The molecule has 0 unspecified atom stereocenters. The van der Waals surface area contributed by atoms with Crippen LogP contribution < -0.4 is 19.5 Å². The molecule has 0 aliphatic rings. The second kappa shape index (κ2) is 8.14. The van der Waals surface area contributed by atoms with Gasteiger partial charge in [0.25, 0.3) is 0 Å². The predicted octanol–water partition coefficient (Wildman–Crippen LogP) is 3.49. The van der Waals surface area contributed by atoms with Gasteiger partial charge in [-0.15, -0.1) is 0 Å². The molecule has 1 N–H and O–H groups in total. The third-order valence-corrected chi connectivity index (χ3v) is 3.15. The van der Waals surface area contributed by atoms with Crippen LogP contribution in [0, 0.1) is 0 Å². The number of carbonyl (C=O) groups excluding carboxylic acids is 1. The second-order valence-corrected chi connectivity index (χ2v) is 4.85.